The second-order valence-corrected chi connectivity index (χ2v) is 5.55. The molecule has 0 spiro atoms. The molecule has 94 valence electrons. The topological polar surface area (TPSA) is 26.3 Å². The molecule has 1 aromatic rings. The van der Waals surface area contributed by atoms with Crippen molar-refractivity contribution in [2.75, 3.05) is 7.11 Å². The predicted molar refractivity (Wildman–Crippen MR) is 70.2 cm³/mol. The van der Waals surface area contributed by atoms with Crippen LogP contribution in [0.4, 0.5) is 0 Å². The van der Waals surface area contributed by atoms with E-state index in [2.05, 4.69) is 49.8 Å². The maximum atomic E-state index is 11.2. The zero-order chi connectivity index (χ0) is 13.1. The minimum absolute atomic E-state index is 0.155. The lowest BCUT2D eigenvalue weighted by Gasteiger charge is -2.20. The fourth-order valence-corrected chi connectivity index (χ4v) is 1.76. The van der Waals surface area contributed by atoms with Gasteiger partial charge in [-0.25, -0.2) is 0 Å². The molecule has 0 aliphatic rings. The van der Waals surface area contributed by atoms with Crippen LogP contribution in [0.2, 0.25) is 0 Å². The molecule has 0 saturated carbocycles. The third-order valence-corrected chi connectivity index (χ3v) is 3.05. The van der Waals surface area contributed by atoms with Gasteiger partial charge in [0.1, 0.15) is 0 Å². The number of hydrogen-bond acceptors (Lipinski definition) is 2. The average Bonchev–Trinajstić information content (AvgIpc) is 2.27. The minimum Gasteiger partial charge on any atom is -0.469 e. The van der Waals surface area contributed by atoms with Gasteiger partial charge in [0, 0.05) is 0 Å². The number of rotatable bonds is 3. The average molecular weight is 234 g/mol. The molecule has 0 radical (unpaired) electrons. The van der Waals surface area contributed by atoms with Gasteiger partial charge in [0.15, 0.2) is 0 Å². The first-order valence-electron chi connectivity index (χ1n) is 6.02. The van der Waals surface area contributed by atoms with Crippen LogP contribution < -0.4 is 0 Å². The predicted octanol–water partition coefficient (Wildman–Crippen LogP) is 3.65. The van der Waals surface area contributed by atoms with Crippen molar-refractivity contribution in [2.45, 2.75) is 45.4 Å². The Bertz CT molecular complexity index is 371. The molecule has 0 amide bonds. The van der Waals surface area contributed by atoms with Gasteiger partial charge in [0.05, 0.1) is 13.5 Å². The van der Waals surface area contributed by atoms with Gasteiger partial charge in [0.2, 0.25) is 0 Å². The van der Waals surface area contributed by atoms with Crippen molar-refractivity contribution < 1.29 is 9.53 Å². The number of methoxy groups -OCH3 is 1. The van der Waals surface area contributed by atoms with Crippen LogP contribution in [0, 0.1) is 0 Å². The van der Waals surface area contributed by atoms with Crippen LogP contribution in [0.1, 0.15) is 51.2 Å². The van der Waals surface area contributed by atoms with E-state index < -0.39 is 0 Å². The third-order valence-electron chi connectivity index (χ3n) is 3.05. The van der Waals surface area contributed by atoms with Crippen molar-refractivity contribution in [1.82, 2.24) is 0 Å². The summed E-state index contributed by atoms with van der Waals surface area (Å²) < 4.78 is 4.68. The Labute approximate surface area is 104 Å². The molecule has 17 heavy (non-hydrogen) atoms. The summed E-state index contributed by atoms with van der Waals surface area (Å²) in [5.74, 6) is 0.0499. The van der Waals surface area contributed by atoms with Gasteiger partial charge in [0.25, 0.3) is 0 Å². The van der Waals surface area contributed by atoms with Gasteiger partial charge in [-0.3, -0.25) is 4.79 Å². The summed E-state index contributed by atoms with van der Waals surface area (Å²) in [4.78, 5) is 11.2. The van der Waals surface area contributed by atoms with Gasteiger partial charge in [-0.1, -0.05) is 52.0 Å². The summed E-state index contributed by atoms with van der Waals surface area (Å²) in [5.41, 5.74) is 2.67. The number of carbonyl (C=O) groups is 1. The van der Waals surface area contributed by atoms with Gasteiger partial charge in [-0.05, 0) is 22.5 Å². The smallest absolute Gasteiger partial charge is 0.306 e. The van der Waals surface area contributed by atoms with E-state index in [-0.39, 0.29) is 17.3 Å². The Morgan fingerprint density at radius 2 is 1.76 bits per heavy atom. The van der Waals surface area contributed by atoms with Crippen LogP contribution in [-0.2, 0) is 14.9 Å². The van der Waals surface area contributed by atoms with Crippen molar-refractivity contribution in [3.05, 3.63) is 35.4 Å². The summed E-state index contributed by atoms with van der Waals surface area (Å²) in [6, 6.07) is 8.49. The highest BCUT2D eigenvalue weighted by atomic mass is 16.5. The minimum atomic E-state index is -0.155. The molecular formula is C15H22O2. The molecule has 2 nitrogen and oxygen atoms in total. The number of esters is 1. The maximum Gasteiger partial charge on any atom is 0.306 e. The van der Waals surface area contributed by atoms with Gasteiger partial charge in [-0.2, -0.15) is 0 Å². The third kappa shape index (κ3) is 3.88. The summed E-state index contributed by atoms with van der Waals surface area (Å²) in [6.45, 7) is 8.63. The van der Waals surface area contributed by atoms with E-state index in [1.165, 1.54) is 18.2 Å². The highest BCUT2D eigenvalue weighted by molar-refractivity contribution is 5.70. The van der Waals surface area contributed by atoms with Crippen LogP contribution in [0.3, 0.4) is 0 Å². The van der Waals surface area contributed by atoms with Crippen LogP contribution >= 0.6 is 0 Å². The Morgan fingerprint density at radius 3 is 2.18 bits per heavy atom. The maximum absolute atomic E-state index is 11.2. The van der Waals surface area contributed by atoms with E-state index >= 15 is 0 Å². The quantitative estimate of drug-likeness (QED) is 0.746. The lowest BCUT2D eigenvalue weighted by molar-refractivity contribution is -0.140. The lowest BCUT2D eigenvalue weighted by atomic mass is 9.85. The lowest BCUT2D eigenvalue weighted by Crippen LogP contribution is -2.11. The van der Waals surface area contributed by atoms with Crippen molar-refractivity contribution in [3.63, 3.8) is 0 Å². The number of hydrogen-bond donors (Lipinski definition) is 0. The molecular weight excluding hydrogens is 212 g/mol. The van der Waals surface area contributed by atoms with Gasteiger partial charge < -0.3 is 4.74 Å². The molecule has 1 rings (SSSR count). The van der Waals surface area contributed by atoms with E-state index in [1.54, 1.807) is 0 Å². The molecule has 0 N–H and O–H groups in total. The molecule has 1 unspecified atom stereocenters. The van der Waals surface area contributed by atoms with Crippen LogP contribution in [-0.4, -0.2) is 13.1 Å². The van der Waals surface area contributed by atoms with Crippen molar-refractivity contribution in [3.8, 4) is 0 Å². The Hall–Kier alpha value is -1.31. The molecule has 0 saturated heterocycles. The van der Waals surface area contributed by atoms with E-state index in [0.29, 0.717) is 6.42 Å². The van der Waals surface area contributed by atoms with Crippen molar-refractivity contribution >= 4 is 5.97 Å². The van der Waals surface area contributed by atoms with Gasteiger partial charge in [-0.15, -0.1) is 0 Å². The van der Waals surface area contributed by atoms with E-state index in [9.17, 15) is 4.79 Å². The van der Waals surface area contributed by atoms with E-state index in [0.717, 1.165) is 0 Å². The second-order valence-electron chi connectivity index (χ2n) is 5.55. The normalized spacial score (nSPS) is 13.2. The fraction of sp³-hybridized carbons (Fsp3) is 0.533. The Balaban J connectivity index is 2.77. The van der Waals surface area contributed by atoms with E-state index in [4.69, 9.17) is 0 Å². The summed E-state index contributed by atoms with van der Waals surface area (Å²) in [7, 11) is 1.43. The molecule has 0 bridgehead atoms. The molecule has 0 fully saturated rings. The zero-order valence-corrected chi connectivity index (χ0v) is 11.4. The standard InChI is InChI=1S/C15H22O2/c1-11(10-14(16)17-5)12-6-8-13(9-7-12)15(2,3)4/h6-9,11H,10H2,1-5H3. The second kappa shape index (κ2) is 5.35. The summed E-state index contributed by atoms with van der Waals surface area (Å²) in [6.07, 6.45) is 0.436. The molecule has 0 aliphatic heterocycles. The first-order chi connectivity index (χ1) is 7.84. The highest BCUT2D eigenvalue weighted by Crippen LogP contribution is 2.25. The van der Waals surface area contributed by atoms with Crippen LogP contribution in [0.15, 0.2) is 24.3 Å². The summed E-state index contributed by atoms with van der Waals surface area (Å²) in [5, 5.41) is 0. The molecule has 0 heterocycles. The molecule has 1 aromatic carbocycles. The van der Waals surface area contributed by atoms with Crippen LogP contribution in [0.5, 0.6) is 0 Å². The Kier molecular flexibility index (Phi) is 4.33. The van der Waals surface area contributed by atoms with Crippen LogP contribution in [0.25, 0.3) is 0 Å². The van der Waals surface area contributed by atoms with Crippen molar-refractivity contribution in [1.29, 1.82) is 0 Å². The highest BCUT2D eigenvalue weighted by Gasteiger charge is 2.15. The number of carbonyl (C=O) groups excluding carboxylic acids is 1. The van der Waals surface area contributed by atoms with Gasteiger partial charge >= 0.3 is 5.97 Å². The van der Waals surface area contributed by atoms with Crippen molar-refractivity contribution in [2.24, 2.45) is 0 Å². The fourth-order valence-electron chi connectivity index (χ4n) is 1.76. The Morgan fingerprint density at radius 1 is 1.24 bits per heavy atom. The largest absolute Gasteiger partial charge is 0.469 e. The molecule has 1 atom stereocenters. The summed E-state index contributed by atoms with van der Waals surface area (Å²) >= 11 is 0. The number of ether oxygens (including phenoxy) is 1. The molecule has 0 aliphatic carbocycles. The van der Waals surface area contributed by atoms with E-state index in [1.807, 2.05) is 6.92 Å². The molecule has 0 aromatic heterocycles. The first kappa shape index (κ1) is 13.8. The number of benzene rings is 1. The zero-order valence-electron chi connectivity index (χ0n) is 11.4. The first-order valence-corrected chi connectivity index (χ1v) is 6.02. The monoisotopic (exact) mass is 234 g/mol. The SMILES string of the molecule is COC(=O)CC(C)c1ccc(C(C)(C)C)cc1. The molecule has 2 heteroatoms.